The molecule has 0 spiro atoms. The molecule has 1 N–H and O–H groups in total. The van der Waals surface area contributed by atoms with Gasteiger partial charge in [0.15, 0.2) is 16.6 Å². The molecule has 2 heterocycles. The minimum Gasteiger partial charge on any atom is -0.486 e. The summed E-state index contributed by atoms with van der Waals surface area (Å²) >= 11 is 3.29. The van der Waals surface area contributed by atoms with Crippen LogP contribution >= 0.6 is 23.1 Å². The lowest BCUT2D eigenvalue weighted by molar-refractivity contribution is -0.115. The number of carbonyl (C=O) groups is 1. The minimum atomic E-state index is 0.0188. The van der Waals surface area contributed by atoms with Gasteiger partial charge < -0.3 is 14.8 Å². The average molecular weight is 352 g/mol. The van der Waals surface area contributed by atoms with Crippen LogP contribution in [0.2, 0.25) is 0 Å². The molecule has 0 aliphatic carbocycles. The summed E-state index contributed by atoms with van der Waals surface area (Å²) in [5.41, 5.74) is 0.826. The largest absolute Gasteiger partial charge is 0.486 e. The number of aromatic nitrogens is 1. The van der Waals surface area contributed by atoms with Crippen LogP contribution in [0, 0.1) is 0 Å². The molecule has 1 aliphatic rings. The normalized spacial score (nSPS) is 13.3. The van der Waals surface area contributed by atoms with E-state index in [-0.39, 0.29) is 5.91 Å². The third kappa shape index (κ3) is 4.29. The third-order valence-electron chi connectivity index (χ3n) is 3.41. The van der Waals surface area contributed by atoms with Gasteiger partial charge in [-0.15, -0.1) is 0 Å². The predicted molar refractivity (Wildman–Crippen MR) is 96.1 cm³/mol. The van der Waals surface area contributed by atoms with Gasteiger partial charge in [-0.1, -0.05) is 24.7 Å². The van der Waals surface area contributed by atoms with Crippen LogP contribution in [-0.4, -0.2) is 35.6 Å². The molecule has 2 aromatic rings. The van der Waals surface area contributed by atoms with E-state index >= 15 is 0 Å². The molecule has 0 saturated heterocycles. The first-order valence-electron chi connectivity index (χ1n) is 7.84. The Morgan fingerprint density at radius 3 is 2.87 bits per heavy atom. The summed E-state index contributed by atoms with van der Waals surface area (Å²) in [7, 11) is 0. The monoisotopic (exact) mass is 352 g/mol. The van der Waals surface area contributed by atoms with Gasteiger partial charge in [0.1, 0.15) is 13.2 Å². The molecule has 1 aromatic carbocycles. The molecule has 5 nitrogen and oxygen atoms in total. The second-order valence-electron chi connectivity index (χ2n) is 5.25. The van der Waals surface area contributed by atoms with Crippen LogP contribution in [0.4, 0.5) is 5.13 Å². The quantitative estimate of drug-likeness (QED) is 0.765. The zero-order valence-electron chi connectivity index (χ0n) is 13.1. The Bertz CT molecular complexity index is 644. The first-order valence-corrected chi connectivity index (χ1v) is 9.81. The number of thioether (sulfide) groups is 1. The molecule has 0 bridgehead atoms. The summed E-state index contributed by atoms with van der Waals surface area (Å²) in [5.74, 6) is 3.46. The van der Waals surface area contributed by atoms with Crippen molar-refractivity contribution in [1.82, 2.24) is 4.98 Å². The Hall–Kier alpha value is -1.47. The lowest BCUT2D eigenvalue weighted by atomic mass is 10.3. The number of amides is 1. The molecular formula is C16H20N2O3S2. The Kier molecular flexibility index (Phi) is 5.61. The molecule has 0 atom stereocenters. The molecule has 0 unspecified atom stereocenters. The Labute approximate surface area is 143 Å². The molecule has 1 aliphatic heterocycles. The average Bonchev–Trinajstić information content (AvgIpc) is 2.93. The van der Waals surface area contributed by atoms with Gasteiger partial charge in [0.25, 0.3) is 0 Å². The van der Waals surface area contributed by atoms with Crippen molar-refractivity contribution in [1.29, 1.82) is 0 Å². The summed E-state index contributed by atoms with van der Waals surface area (Å²) < 4.78 is 12.1. The number of ether oxygens (including phenoxy) is 2. The van der Waals surface area contributed by atoms with E-state index in [0.29, 0.717) is 24.8 Å². The molecule has 0 saturated carbocycles. The molecule has 3 rings (SSSR count). The van der Waals surface area contributed by atoms with E-state index < -0.39 is 0 Å². The fourth-order valence-corrected chi connectivity index (χ4v) is 4.13. The number of nitrogens with one attached hydrogen (secondary N) is 1. The second-order valence-corrected chi connectivity index (χ2v) is 7.50. The molecule has 1 aromatic heterocycles. The summed E-state index contributed by atoms with van der Waals surface area (Å²) in [6, 6.07) is 3.80. The highest BCUT2D eigenvalue weighted by atomic mass is 32.2. The SMILES string of the molecule is CCCCSCCC(=O)Nc1nc2cc3c(cc2s1)OCCO3. The van der Waals surface area contributed by atoms with E-state index in [2.05, 4.69) is 17.2 Å². The number of fused-ring (bicyclic) bond motifs is 2. The predicted octanol–water partition coefficient (Wildman–Crippen LogP) is 3.93. The molecule has 1 amide bonds. The van der Waals surface area contributed by atoms with Crippen molar-refractivity contribution in [3.8, 4) is 11.5 Å². The number of rotatable bonds is 7. The number of carbonyl (C=O) groups excluding carboxylic acids is 1. The van der Waals surface area contributed by atoms with E-state index in [4.69, 9.17) is 9.47 Å². The highest BCUT2D eigenvalue weighted by Gasteiger charge is 2.15. The summed E-state index contributed by atoms with van der Waals surface area (Å²) in [4.78, 5) is 16.4. The standard InChI is InChI=1S/C16H20N2O3S2/c1-2-3-7-22-8-4-15(19)18-16-17-11-9-12-13(10-14(11)23-16)21-6-5-20-12/h9-10H,2-8H2,1H3,(H,17,18,19). The van der Waals surface area contributed by atoms with Crippen LogP contribution in [0.15, 0.2) is 12.1 Å². The maximum atomic E-state index is 12.0. The molecule has 23 heavy (non-hydrogen) atoms. The Balaban J connectivity index is 1.59. The van der Waals surface area contributed by atoms with Gasteiger partial charge in [0, 0.05) is 24.3 Å². The molecule has 0 fully saturated rings. The smallest absolute Gasteiger partial charge is 0.226 e. The fourth-order valence-electron chi connectivity index (χ4n) is 2.21. The van der Waals surface area contributed by atoms with Gasteiger partial charge in [-0.25, -0.2) is 4.98 Å². The highest BCUT2D eigenvalue weighted by molar-refractivity contribution is 7.99. The lowest BCUT2D eigenvalue weighted by Crippen LogP contribution is -2.15. The van der Waals surface area contributed by atoms with E-state index in [1.807, 2.05) is 23.9 Å². The maximum Gasteiger partial charge on any atom is 0.226 e. The highest BCUT2D eigenvalue weighted by Crippen LogP contribution is 2.37. The van der Waals surface area contributed by atoms with Gasteiger partial charge in [0.05, 0.1) is 10.2 Å². The molecule has 124 valence electrons. The van der Waals surface area contributed by atoms with Crippen molar-refractivity contribution in [2.45, 2.75) is 26.2 Å². The van der Waals surface area contributed by atoms with Crippen molar-refractivity contribution in [3.63, 3.8) is 0 Å². The first-order chi connectivity index (χ1) is 11.3. The van der Waals surface area contributed by atoms with E-state index in [0.717, 1.165) is 33.2 Å². The number of benzene rings is 1. The zero-order valence-corrected chi connectivity index (χ0v) is 14.7. The van der Waals surface area contributed by atoms with Crippen LogP contribution in [0.25, 0.3) is 10.2 Å². The van der Waals surface area contributed by atoms with Crippen LogP contribution in [0.3, 0.4) is 0 Å². The maximum absolute atomic E-state index is 12.0. The van der Waals surface area contributed by atoms with Gasteiger partial charge in [-0.05, 0) is 12.2 Å². The lowest BCUT2D eigenvalue weighted by Gasteiger charge is -2.17. The van der Waals surface area contributed by atoms with Crippen LogP contribution in [0.5, 0.6) is 11.5 Å². The van der Waals surface area contributed by atoms with Gasteiger partial charge in [0.2, 0.25) is 5.91 Å². The molecule has 7 heteroatoms. The summed E-state index contributed by atoms with van der Waals surface area (Å²) in [6.07, 6.45) is 2.92. The molecular weight excluding hydrogens is 332 g/mol. The third-order valence-corrected chi connectivity index (χ3v) is 5.42. The number of thiazole rings is 1. The van der Waals surface area contributed by atoms with Gasteiger partial charge in [-0.2, -0.15) is 11.8 Å². The molecule has 0 radical (unpaired) electrons. The second kappa shape index (κ2) is 7.88. The van der Waals surface area contributed by atoms with Crippen LogP contribution < -0.4 is 14.8 Å². The fraction of sp³-hybridized carbons (Fsp3) is 0.500. The number of hydrogen-bond acceptors (Lipinski definition) is 6. The Morgan fingerprint density at radius 1 is 1.30 bits per heavy atom. The van der Waals surface area contributed by atoms with E-state index in [1.165, 1.54) is 24.2 Å². The number of anilines is 1. The van der Waals surface area contributed by atoms with Crippen molar-refractivity contribution in [2.75, 3.05) is 30.0 Å². The van der Waals surface area contributed by atoms with E-state index in [9.17, 15) is 4.79 Å². The van der Waals surface area contributed by atoms with Gasteiger partial charge in [-0.3, -0.25) is 4.79 Å². The zero-order chi connectivity index (χ0) is 16.1. The number of hydrogen-bond donors (Lipinski definition) is 1. The van der Waals surface area contributed by atoms with Crippen LogP contribution in [-0.2, 0) is 4.79 Å². The first kappa shape index (κ1) is 16.4. The Morgan fingerprint density at radius 2 is 2.09 bits per heavy atom. The van der Waals surface area contributed by atoms with Crippen molar-refractivity contribution in [2.24, 2.45) is 0 Å². The van der Waals surface area contributed by atoms with Crippen molar-refractivity contribution < 1.29 is 14.3 Å². The number of unbranched alkanes of at least 4 members (excludes halogenated alkanes) is 1. The van der Waals surface area contributed by atoms with E-state index in [1.54, 1.807) is 0 Å². The van der Waals surface area contributed by atoms with Crippen LogP contribution in [0.1, 0.15) is 26.2 Å². The van der Waals surface area contributed by atoms with Gasteiger partial charge >= 0.3 is 0 Å². The summed E-state index contributed by atoms with van der Waals surface area (Å²) in [6.45, 7) is 3.30. The van der Waals surface area contributed by atoms with Crippen molar-refractivity contribution >= 4 is 44.4 Å². The minimum absolute atomic E-state index is 0.0188. The summed E-state index contributed by atoms with van der Waals surface area (Å²) in [5, 5.41) is 3.52. The topological polar surface area (TPSA) is 60.5 Å². The number of nitrogens with zero attached hydrogens (tertiary/aromatic N) is 1. The van der Waals surface area contributed by atoms with Crippen molar-refractivity contribution in [3.05, 3.63) is 12.1 Å².